The summed E-state index contributed by atoms with van der Waals surface area (Å²) in [4.78, 5) is 20.2. The van der Waals surface area contributed by atoms with E-state index in [1.807, 2.05) is 0 Å². The Kier molecular flexibility index (Phi) is 5.17. The van der Waals surface area contributed by atoms with Crippen molar-refractivity contribution >= 4 is 11.9 Å². The second-order valence-corrected chi connectivity index (χ2v) is 1.74. The highest BCUT2D eigenvalue weighted by molar-refractivity contribution is 5.97. The number of furan rings is 1. The molecule has 0 atom stereocenters. The zero-order valence-electron chi connectivity index (χ0n) is 7.20. The van der Waals surface area contributed by atoms with Gasteiger partial charge in [-0.2, -0.15) is 0 Å². The molecule has 0 fully saturated rings. The number of hydrogen-bond acceptors (Lipinski definition) is 5. The van der Waals surface area contributed by atoms with Crippen LogP contribution in [0.15, 0.2) is 16.7 Å². The van der Waals surface area contributed by atoms with Crippen LogP contribution in [-0.4, -0.2) is 11.9 Å². The van der Waals surface area contributed by atoms with Crippen molar-refractivity contribution in [1.29, 1.82) is 0 Å². The highest BCUT2D eigenvalue weighted by atomic mass is 16.4. The molecule has 0 unspecified atom stereocenters. The monoisotopic (exact) mass is 190 g/mol. The molecule has 0 spiro atoms. The number of carboxylic acids is 2. The maximum Gasteiger partial charge on any atom is 0.158 e. The van der Waals surface area contributed by atoms with Crippen molar-refractivity contribution in [2.75, 3.05) is 0 Å². The van der Waals surface area contributed by atoms with Crippen molar-refractivity contribution in [1.82, 2.24) is 12.3 Å². The molecule has 0 aliphatic carbocycles. The molecule has 0 saturated carbocycles. The molecule has 0 bridgehead atoms. The molecule has 0 aliphatic rings. The molecule has 1 rings (SSSR count). The van der Waals surface area contributed by atoms with E-state index in [0.29, 0.717) is 0 Å². The molecule has 74 valence electrons. The minimum absolute atomic E-state index is 0. The van der Waals surface area contributed by atoms with Gasteiger partial charge in [0.1, 0.15) is 5.97 Å². The van der Waals surface area contributed by atoms with Gasteiger partial charge in [-0.1, -0.05) is 0 Å². The fraction of sp³-hybridized carbons (Fsp3) is 0. The van der Waals surface area contributed by atoms with Crippen LogP contribution in [0.4, 0.5) is 0 Å². The van der Waals surface area contributed by atoms with E-state index in [2.05, 4.69) is 4.42 Å². The quantitative estimate of drug-likeness (QED) is 0.593. The number of hydrogen-bond donors (Lipinski definition) is 2. The largest absolute Gasteiger partial charge is 0.545 e. The lowest BCUT2D eigenvalue weighted by atomic mass is 10.2. The van der Waals surface area contributed by atoms with Gasteiger partial charge in [-0.05, 0) is 6.07 Å². The molecular weight excluding hydrogens is 180 g/mol. The van der Waals surface area contributed by atoms with Crippen LogP contribution in [0.1, 0.15) is 20.9 Å². The van der Waals surface area contributed by atoms with Crippen LogP contribution in [0.2, 0.25) is 0 Å². The number of carbonyl (C=O) groups is 2. The summed E-state index contributed by atoms with van der Waals surface area (Å²) in [6.45, 7) is 0. The number of aromatic carboxylic acids is 2. The Labute approximate surface area is 73.1 Å². The van der Waals surface area contributed by atoms with Crippen LogP contribution < -0.4 is 22.5 Å². The van der Waals surface area contributed by atoms with Gasteiger partial charge in [-0.15, -0.1) is 0 Å². The lowest BCUT2D eigenvalue weighted by molar-refractivity contribution is -0.261. The predicted molar refractivity (Wildman–Crippen MR) is 39.3 cm³/mol. The maximum atomic E-state index is 10.1. The minimum Gasteiger partial charge on any atom is -0.545 e. The Morgan fingerprint density at radius 1 is 1.15 bits per heavy atom. The fourth-order valence-electron chi connectivity index (χ4n) is 0.628. The predicted octanol–water partition coefficient (Wildman–Crippen LogP) is -1.24. The third-order valence-corrected chi connectivity index (χ3v) is 1.07. The summed E-state index contributed by atoms with van der Waals surface area (Å²) in [5.74, 6) is -3.99. The summed E-state index contributed by atoms with van der Waals surface area (Å²) >= 11 is 0. The molecule has 0 radical (unpaired) electrons. The highest BCUT2D eigenvalue weighted by Gasteiger charge is 2.06. The Balaban J connectivity index is 0. The average Bonchev–Trinajstić information content (AvgIpc) is 2.32. The number of rotatable bonds is 2. The van der Waals surface area contributed by atoms with E-state index in [1.165, 1.54) is 0 Å². The average molecular weight is 190 g/mol. The van der Waals surface area contributed by atoms with Gasteiger partial charge in [0, 0.05) is 5.56 Å². The van der Waals surface area contributed by atoms with Crippen molar-refractivity contribution in [2.24, 2.45) is 0 Å². The van der Waals surface area contributed by atoms with Crippen LogP contribution >= 0.6 is 0 Å². The Morgan fingerprint density at radius 3 is 2.00 bits per heavy atom. The number of quaternary nitrogens is 2. The van der Waals surface area contributed by atoms with Gasteiger partial charge in [0.25, 0.3) is 0 Å². The van der Waals surface area contributed by atoms with Crippen LogP contribution in [0, 0.1) is 0 Å². The molecule has 0 amide bonds. The third-order valence-electron chi connectivity index (χ3n) is 1.07. The molecule has 1 heterocycles. The van der Waals surface area contributed by atoms with E-state index < -0.39 is 23.3 Å². The van der Waals surface area contributed by atoms with Crippen molar-refractivity contribution in [3.63, 3.8) is 0 Å². The van der Waals surface area contributed by atoms with Crippen molar-refractivity contribution < 1.29 is 24.2 Å². The van der Waals surface area contributed by atoms with Gasteiger partial charge in [-0.3, -0.25) is 0 Å². The van der Waals surface area contributed by atoms with E-state index in [1.54, 1.807) is 0 Å². The zero-order valence-corrected chi connectivity index (χ0v) is 7.20. The highest BCUT2D eigenvalue weighted by Crippen LogP contribution is 2.07. The summed E-state index contributed by atoms with van der Waals surface area (Å²) in [6.07, 6.45) is 0.941. The summed E-state index contributed by atoms with van der Waals surface area (Å²) in [5, 5.41) is 20.2. The van der Waals surface area contributed by atoms with Crippen LogP contribution in [0.25, 0.3) is 0 Å². The SMILES string of the molecule is O=C([O-])c1ccoc1C(=O)[O-].[NH4+].[NH4+]. The van der Waals surface area contributed by atoms with Gasteiger partial charge >= 0.3 is 0 Å². The minimum atomic E-state index is -1.67. The van der Waals surface area contributed by atoms with E-state index >= 15 is 0 Å². The first kappa shape index (κ1) is 13.7. The maximum absolute atomic E-state index is 10.1. The van der Waals surface area contributed by atoms with E-state index in [0.717, 1.165) is 12.3 Å². The first-order valence-electron chi connectivity index (χ1n) is 2.63. The smallest absolute Gasteiger partial charge is 0.158 e. The molecule has 0 aromatic carbocycles. The molecule has 0 saturated heterocycles. The second-order valence-electron chi connectivity index (χ2n) is 1.74. The lowest BCUT2D eigenvalue weighted by Gasteiger charge is -2.02. The molecule has 1 aromatic heterocycles. The Morgan fingerprint density at radius 2 is 1.69 bits per heavy atom. The zero-order chi connectivity index (χ0) is 8.43. The topological polar surface area (TPSA) is 166 Å². The first-order valence-corrected chi connectivity index (χ1v) is 2.63. The summed E-state index contributed by atoms with van der Waals surface area (Å²) in [6, 6.07) is 0.987. The first-order chi connectivity index (χ1) is 5.13. The van der Waals surface area contributed by atoms with Gasteiger partial charge in [0.05, 0.1) is 12.2 Å². The van der Waals surface area contributed by atoms with Gasteiger partial charge in [-0.25, -0.2) is 0 Å². The van der Waals surface area contributed by atoms with Crippen molar-refractivity contribution in [3.8, 4) is 0 Å². The summed E-state index contributed by atoms with van der Waals surface area (Å²) in [7, 11) is 0. The Hall–Kier alpha value is -1.86. The lowest BCUT2D eigenvalue weighted by Crippen LogP contribution is -2.28. The molecule has 1 aromatic rings. The number of carbonyl (C=O) groups excluding carboxylic acids is 2. The standard InChI is InChI=1S/C6H4O5.2H3N/c7-5(8)3-1-2-11-4(3)6(9)10;;/h1-2H,(H,7,8)(H,9,10);2*1H3. The second kappa shape index (κ2) is 4.91. The fourth-order valence-corrected chi connectivity index (χ4v) is 0.628. The summed E-state index contributed by atoms with van der Waals surface area (Å²) in [5.41, 5.74) is -0.509. The van der Waals surface area contributed by atoms with Crippen molar-refractivity contribution in [2.45, 2.75) is 0 Å². The third kappa shape index (κ3) is 2.58. The van der Waals surface area contributed by atoms with Gasteiger partial charge in [0.2, 0.25) is 0 Å². The van der Waals surface area contributed by atoms with Crippen LogP contribution in [-0.2, 0) is 0 Å². The van der Waals surface area contributed by atoms with Crippen molar-refractivity contribution in [3.05, 3.63) is 23.7 Å². The van der Waals surface area contributed by atoms with Crippen LogP contribution in [0.5, 0.6) is 0 Å². The van der Waals surface area contributed by atoms with E-state index in [9.17, 15) is 19.8 Å². The molecule has 8 N–H and O–H groups in total. The van der Waals surface area contributed by atoms with Gasteiger partial charge in [0.15, 0.2) is 5.76 Å². The van der Waals surface area contributed by atoms with Crippen LogP contribution in [0.3, 0.4) is 0 Å². The molecule has 7 heteroatoms. The normalized spacial score (nSPS) is 8.00. The molecular formula is C6H10N2O5. The summed E-state index contributed by atoms with van der Waals surface area (Å²) < 4.78 is 4.30. The number of carboxylic acid groups (broad SMARTS) is 2. The van der Waals surface area contributed by atoms with Gasteiger partial charge < -0.3 is 36.5 Å². The molecule has 0 aliphatic heterocycles. The van der Waals surface area contributed by atoms with E-state index in [4.69, 9.17) is 0 Å². The molecule has 7 nitrogen and oxygen atoms in total. The molecule has 13 heavy (non-hydrogen) atoms. The van der Waals surface area contributed by atoms with E-state index in [-0.39, 0.29) is 12.3 Å². The Bertz CT molecular complexity index is 277.